The fourth-order valence-electron chi connectivity index (χ4n) is 3.91. The quantitative estimate of drug-likeness (QED) is 0.607. The Kier molecular flexibility index (Phi) is 6.68. The molecule has 1 aliphatic heterocycles. The lowest BCUT2D eigenvalue weighted by Crippen LogP contribution is -2.36. The van der Waals surface area contributed by atoms with E-state index in [4.69, 9.17) is 4.74 Å². The van der Waals surface area contributed by atoms with Gasteiger partial charge in [-0.05, 0) is 61.2 Å². The van der Waals surface area contributed by atoms with Crippen molar-refractivity contribution >= 4 is 5.91 Å². The number of nitrogens with zero attached hydrogens (tertiary/aromatic N) is 1. The molecule has 4 rings (SSSR count). The predicted octanol–water partition coefficient (Wildman–Crippen LogP) is 4.75. The summed E-state index contributed by atoms with van der Waals surface area (Å²) in [6, 6.07) is 24.5. The molecule has 0 bridgehead atoms. The molecule has 0 aliphatic carbocycles. The van der Waals surface area contributed by atoms with Crippen molar-refractivity contribution in [3.05, 3.63) is 101 Å². The summed E-state index contributed by atoms with van der Waals surface area (Å²) < 4.78 is 5.77. The second-order valence-electron chi connectivity index (χ2n) is 8.42. The van der Waals surface area contributed by atoms with Crippen LogP contribution >= 0.6 is 0 Å². The van der Waals surface area contributed by atoms with Gasteiger partial charge in [-0.15, -0.1) is 0 Å². The van der Waals surface area contributed by atoms with Gasteiger partial charge in [0.15, 0.2) is 0 Å². The maximum absolute atomic E-state index is 12.6. The zero-order valence-corrected chi connectivity index (χ0v) is 18.3. The van der Waals surface area contributed by atoms with Crippen LogP contribution in [0.15, 0.2) is 72.8 Å². The molecule has 0 aromatic heterocycles. The molecular formula is C27H30N2O2. The Morgan fingerprint density at radius 3 is 2.45 bits per heavy atom. The number of aryl methyl sites for hydroxylation is 1. The molecule has 0 spiro atoms. The van der Waals surface area contributed by atoms with E-state index in [2.05, 4.69) is 46.6 Å². The van der Waals surface area contributed by atoms with Crippen LogP contribution in [0.4, 0.5) is 0 Å². The summed E-state index contributed by atoms with van der Waals surface area (Å²) >= 11 is 0. The highest BCUT2D eigenvalue weighted by Crippen LogP contribution is 2.20. The fraction of sp³-hybridized carbons (Fsp3) is 0.296. The van der Waals surface area contributed by atoms with Gasteiger partial charge < -0.3 is 10.1 Å². The zero-order valence-electron chi connectivity index (χ0n) is 18.3. The van der Waals surface area contributed by atoms with Crippen LogP contribution < -0.4 is 10.1 Å². The standard InChI is InChI=1S/C27H30N2O2/c1-20-7-13-26(14-8-20)31-19-21(2)28-27(30)24-11-9-22(10-12-24)17-29-16-15-23-5-3-4-6-25(23)18-29/h3-14,21H,15-19H2,1-2H3,(H,28,30)/t21-/m1/s1. The number of fused-ring (bicyclic) bond motifs is 1. The van der Waals surface area contributed by atoms with E-state index in [9.17, 15) is 4.79 Å². The molecule has 4 heteroatoms. The lowest BCUT2D eigenvalue weighted by Gasteiger charge is -2.28. The molecule has 1 N–H and O–H groups in total. The first-order chi connectivity index (χ1) is 15.1. The third-order valence-electron chi connectivity index (χ3n) is 5.73. The molecule has 1 atom stereocenters. The van der Waals surface area contributed by atoms with Crippen LogP contribution in [0.5, 0.6) is 5.75 Å². The van der Waals surface area contributed by atoms with Gasteiger partial charge in [-0.2, -0.15) is 0 Å². The van der Waals surface area contributed by atoms with Crippen molar-refractivity contribution < 1.29 is 9.53 Å². The van der Waals surface area contributed by atoms with Crippen molar-refractivity contribution in [2.75, 3.05) is 13.2 Å². The molecular weight excluding hydrogens is 384 g/mol. The van der Waals surface area contributed by atoms with E-state index in [-0.39, 0.29) is 11.9 Å². The van der Waals surface area contributed by atoms with E-state index in [1.165, 1.54) is 22.3 Å². The maximum atomic E-state index is 12.6. The number of ether oxygens (including phenoxy) is 1. The topological polar surface area (TPSA) is 41.6 Å². The smallest absolute Gasteiger partial charge is 0.251 e. The molecule has 160 valence electrons. The normalized spacial score (nSPS) is 14.5. The van der Waals surface area contributed by atoms with Gasteiger partial charge in [-0.25, -0.2) is 0 Å². The summed E-state index contributed by atoms with van der Waals surface area (Å²) in [6.45, 7) is 7.38. The first-order valence-electron chi connectivity index (χ1n) is 11.0. The SMILES string of the molecule is Cc1ccc(OC[C@@H](C)NC(=O)c2ccc(CN3CCc4ccccc4C3)cc2)cc1. The highest BCUT2D eigenvalue weighted by molar-refractivity contribution is 5.94. The van der Waals surface area contributed by atoms with Crippen LogP contribution in [0, 0.1) is 6.92 Å². The maximum Gasteiger partial charge on any atom is 0.251 e. The Morgan fingerprint density at radius 2 is 1.71 bits per heavy atom. The second-order valence-corrected chi connectivity index (χ2v) is 8.42. The highest BCUT2D eigenvalue weighted by Gasteiger charge is 2.16. The third kappa shape index (κ3) is 5.74. The molecule has 31 heavy (non-hydrogen) atoms. The van der Waals surface area contributed by atoms with E-state index in [1.807, 2.05) is 50.2 Å². The van der Waals surface area contributed by atoms with Gasteiger partial charge in [0, 0.05) is 25.2 Å². The van der Waals surface area contributed by atoms with Gasteiger partial charge in [0.05, 0.1) is 6.04 Å². The Labute approximate surface area is 184 Å². The molecule has 0 radical (unpaired) electrons. The van der Waals surface area contributed by atoms with Crippen LogP contribution in [0.1, 0.15) is 39.5 Å². The molecule has 0 unspecified atom stereocenters. The summed E-state index contributed by atoms with van der Waals surface area (Å²) in [6.07, 6.45) is 1.10. The lowest BCUT2D eigenvalue weighted by atomic mass is 9.99. The lowest BCUT2D eigenvalue weighted by molar-refractivity contribution is 0.0926. The molecule has 4 nitrogen and oxygen atoms in total. The van der Waals surface area contributed by atoms with Crippen molar-refractivity contribution in [2.24, 2.45) is 0 Å². The van der Waals surface area contributed by atoms with E-state index in [1.54, 1.807) is 0 Å². The monoisotopic (exact) mass is 414 g/mol. The van der Waals surface area contributed by atoms with Crippen LogP contribution in [-0.4, -0.2) is 30.0 Å². The Hall–Kier alpha value is -3.11. The second kappa shape index (κ2) is 9.80. The number of carbonyl (C=O) groups excluding carboxylic acids is 1. The Bertz CT molecular complexity index is 1010. The van der Waals surface area contributed by atoms with Crippen LogP contribution in [0.2, 0.25) is 0 Å². The number of amides is 1. The summed E-state index contributed by atoms with van der Waals surface area (Å²) in [4.78, 5) is 15.0. The molecule has 3 aromatic carbocycles. The molecule has 0 saturated carbocycles. The number of hydrogen-bond donors (Lipinski definition) is 1. The van der Waals surface area contributed by atoms with Gasteiger partial charge in [0.2, 0.25) is 0 Å². The first-order valence-corrected chi connectivity index (χ1v) is 11.0. The summed E-state index contributed by atoms with van der Waals surface area (Å²) in [5, 5.41) is 3.02. The number of hydrogen-bond acceptors (Lipinski definition) is 3. The number of rotatable bonds is 7. The zero-order chi connectivity index (χ0) is 21.6. The molecule has 3 aromatic rings. The van der Waals surface area contributed by atoms with Crippen molar-refractivity contribution in [1.29, 1.82) is 0 Å². The summed E-state index contributed by atoms with van der Waals surface area (Å²) in [7, 11) is 0. The number of carbonyl (C=O) groups is 1. The van der Waals surface area contributed by atoms with Crippen LogP contribution in [0.3, 0.4) is 0 Å². The minimum atomic E-state index is -0.0816. The Morgan fingerprint density at radius 1 is 1.00 bits per heavy atom. The van der Waals surface area contributed by atoms with Gasteiger partial charge in [-0.1, -0.05) is 54.1 Å². The van der Waals surface area contributed by atoms with Gasteiger partial charge >= 0.3 is 0 Å². The average molecular weight is 415 g/mol. The first kappa shape index (κ1) is 21.1. The predicted molar refractivity (Wildman–Crippen MR) is 124 cm³/mol. The van der Waals surface area contributed by atoms with Gasteiger partial charge in [-0.3, -0.25) is 9.69 Å². The van der Waals surface area contributed by atoms with Crippen LogP contribution in [0.25, 0.3) is 0 Å². The largest absolute Gasteiger partial charge is 0.491 e. The molecule has 0 saturated heterocycles. The van der Waals surface area contributed by atoms with E-state index < -0.39 is 0 Å². The van der Waals surface area contributed by atoms with E-state index in [0.717, 1.165) is 31.8 Å². The van der Waals surface area contributed by atoms with Crippen LogP contribution in [-0.2, 0) is 19.5 Å². The van der Waals surface area contributed by atoms with Gasteiger partial charge in [0.1, 0.15) is 12.4 Å². The average Bonchev–Trinajstić information content (AvgIpc) is 2.79. The molecule has 0 fully saturated rings. The fourth-order valence-corrected chi connectivity index (χ4v) is 3.91. The minimum absolute atomic E-state index is 0.0709. The van der Waals surface area contributed by atoms with Crippen molar-refractivity contribution in [3.63, 3.8) is 0 Å². The van der Waals surface area contributed by atoms with Crippen molar-refractivity contribution in [1.82, 2.24) is 10.2 Å². The van der Waals surface area contributed by atoms with E-state index in [0.29, 0.717) is 12.2 Å². The minimum Gasteiger partial charge on any atom is -0.491 e. The van der Waals surface area contributed by atoms with Crippen molar-refractivity contribution in [3.8, 4) is 5.75 Å². The molecule has 1 aliphatic rings. The number of benzene rings is 3. The molecule has 1 heterocycles. The summed E-state index contributed by atoms with van der Waals surface area (Å²) in [5.74, 6) is 0.745. The van der Waals surface area contributed by atoms with E-state index >= 15 is 0 Å². The third-order valence-corrected chi connectivity index (χ3v) is 5.73. The Balaban J connectivity index is 1.26. The highest BCUT2D eigenvalue weighted by atomic mass is 16.5. The molecule has 1 amide bonds. The van der Waals surface area contributed by atoms with Gasteiger partial charge in [0.25, 0.3) is 5.91 Å². The summed E-state index contributed by atoms with van der Waals surface area (Å²) in [5.41, 5.74) is 5.99. The number of nitrogens with one attached hydrogen (secondary N) is 1. The van der Waals surface area contributed by atoms with Crippen molar-refractivity contribution in [2.45, 2.75) is 39.4 Å².